The van der Waals surface area contributed by atoms with Crippen LogP contribution in [0.25, 0.3) is 22.4 Å². The minimum atomic E-state index is -4.80. The van der Waals surface area contributed by atoms with E-state index in [1.165, 1.54) is 36.4 Å². The lowest BCUT2D eigenvalue weighted by atomic mass is 9.92. The van der Waals surface area contributed by atoms with E-state index in [0.29, 0.717) is 40.1 Å². The van der Waals surface area contributed by atoms with E-state index in [1.807, 2.05) is 0 Å². The average molecular weight is 564 g/mol. The van der Waals surface area contributed by atoms with E-state index in [0.717, 1.165) is 51.4 Å². The third kappa shape index (κ3) is 5.57. The number of rotatable bonds is 5. The van der Waals surface area contributed by atoms with Gasteiger partial charge in [0.05, 0.1) is 35.3 Å². The summed E-state index contributed by atoms with van der Waals surface area (Å²) < 4.78 is 81.4. The van der Waals surface area contributed by atoms with Crippen LogP contribution in [0.4, 0.5) is 23.4 Å². The van der Waals surface area contributed by atoms with Crippen molar-refractivity contribution in [1.82, 2.24) is 19.8 Å². The Kier molecular flexibility index (Phi) is 7.51. The maximum Gasteiger partial charge on any atom is 0.451 e. The van der Waals surface area contributed by atoms with Gasteiger partial charge in [0, 0.05) is 37.8 Å². The first-order valence-corrected chi connectivity index (χ1v) is 15.0. The summed E-state index contributed by atoms with van der Waals surface area (Å²) in [5.41, 5.74) is 1.32. The summed E-state index contributed by atoms with van der Waals surface area (Å²) in [4.78, 5) is 8.37. The molecule has 2 aliphatic rings. The van der Waals surface area contributed by atoms with Crippen LogP contribution in [0.2, 0.25) is 0 Å². The number of aromatic nitrogens is 2. The van der Waals surface area contributed by atoms with Gasteiger partial charge in [-0.1, -0.05) is 24.3 Å². The third-order valence-corrected chi connectivity index (χ3v) is 9.00. The normalized spacial score (nSPS) is 18.7. The summed E-state index contributed by atoms with van der Waals surface area (Å²) in [5.74, 6) is -1.40. The molecule has 0 bridgehead atoms. The van der Waals surface area contributed by atoms with Gasteiger partial charge in [0.1, 0.15) is 5.82 Å². The molecule has 2 saturated heterocycles. The molecule has 5 rings (SSSR count). The first-order chi connectivity index (χ1) is 18.5. The molecule has 11 heteroatoms. The van der Waals surface area contributed by atoms with Crippen molar-refractivity contribution in [3.63, 3.8) is 0 Å². The number of nitrogens with one attached hydrogen (secondary N) is 1. The van der Waals surface area contributed by atoms with Crippen molar-refractivity contribution < 1.29 is 26.0 Å². The monoisotopic (exact) mass is 563 g/mol. The minimum Gasteiger partial charge on any atom is -0.316 e. The predicted molar refractivity (Wildman–Crippen MR) is 142 cm³/mol. The Balaban J connectivity index is 1.84. The molecule has 2 fully saturated rings. The van der Waals surface area contributed by atoms with E-state index in [-0.39, 0.29) is 16.6 Å². The maximum absolute atomic E-state index is 14.3. The fourth-order valence-electron chi connectivity index (χ4n) is 5.98. The van der Waals surface area contributed by atoms with Gasteiger partial charge in [0.15, 0.2) is 9.84 Å². The van der Waals surface area contributed by atoms with Gasteiger partial charge in [-0.15, -0.1) is 0 Å². The molecule has 6 nitrogen and oxygen atoms in total. The van der Waals surface area contributed by atoms with Crippen LogP contribution in [-0.2, 0) is 16.0 Å². The van der Waals surface area contributed by atoms with Gasteiger partial charge in [0.25, 0.3) is 0 Å². The fourth-order valence-corrected chi connectivity index (χ4v) is 6.61. The van der Waals surface area contributed by atoms with Crippen molar-refractivity contribution in [2.75, 3.05) is 32.4 Å². The number of hydrogen-bond donors (Lipinski definition) is 1. The van der Waals surface area contributed by atoms with Crippen LogP contribution in [-0.4, -0.2) is 56.9 Å². The van der Waals surface area contributed by atoms with Crippen LogP contribution in [0.1, 0.15) is 37.9 Å². The van der Waals surface area contributed by atoms with Crippen LogP contribution < -0.4 is 9.80 Å². The number of halogens is 4. The molecule has 0 atom stereocenters. The number of benzene rings is 2. The molecule has 0 amide bonds. The largest absolute Gasteiger partial charge is 0.451 e. The Morgan fingerprint density at radius 2 is 1.46 bits per heavy atom. The first-order valence-electron chi connectivity index (χ1n) is 13.1. The zero-order valence-corrected chi connectivity index (χ0v) is 22.5. The number of hydrogen-bond acceptors (Lipinski definition) is 5. The Morgan fingerprint density at radius 1 is 0.872 bits per heavy atom. The molecule has 39 heavy (non-hydrogen) atoms. The maximum atomic E-state index is 14.3. The number of alkyl halides is 3. The van der Waals surface area contributed by atoms with Gasteiger partial charge >= 0.3 is 6.18 Å². The van der Waals surface area contributed by atoms with Gasteiger partial charge in [0.2, 0.25) is 11.6 Å². The van der Waals surface area contributed by atoms with E-state index >= 15 is 0 Å². The van der Waals surface area contributed by atoms with Crippen LogP contribution in [0.5, 0.6) is 0 Å². The molecule has 1 N–H and O–H groups in total. The van der Waals surface area contributed by atoms with Crippen LogP contribution in [0, 0.1) is 5.82 Å². The Morgan fingerprint density at radius 3 is 2.03 bits per heavy atom. The molecule has 208 valence electrons. The fraction of sp³-hybridized carbons (Fsp3) is 0.429. The summed E-state index contributed by atoms with van der Waals surface area (Å²) in [6, 6.07) is 11.4. The molecule has 3 aromatic rings. The summed E-state index contributed by atoms with van der Waals surface area (Å²) in [6.07, 6.45) is 0.575. The highest BCUT2D eigenvalue weighted by atomic mass is 32.2. The molecule has 0 unspecified atom stereocenters. The van der Waals surface area contributed by atoms with Crippen molar-refractivity contribution in [3.05, 3.63) is 60.2 Å². The lowest BCUT2D eigenvalue weighted by Gasteiger charge is -2.48. The number of piperidine rings is 2. The van der Waals surface area contributed by atoms with E-state index in [1.54, 1.807) is 12.1 Å². The summed E-state index contributed by atoms with van der Waals surface area (Å²) in [6.45, 7) is 2.85. The average Bonchev–Trinajstić information content (AvgIpc) is 2.93. The van der Waals surface area contributed by atoms with E-state index in [9.17, 15) is 26.0 Å². The lowest BCUT2D eigenvalue weighted by molar-refractivity contribution is -0.145. The number of likely N-dealkylation sites (tertiary alicyclic amines) is 1. The molecule has 2 aromatic carbocycles. The quantitative estimate of drug-likeness (QED) is 0.323. The Bertz CT molecular complexity index is 1430. The van der Waals surface area contributed by atoms with Crippen LogP contribution in [0.15, 0.2) is 53.4 Å². The predicted octanol–water partition coefficient (Wildman–Crippen LogP) is 5.62. The van der Waals surface area contributed by atoms with Gasteiger partial charge in [-0.05, 0) is 49.1 Å². The van der Waals surface area contributed by atoms with Gasteiger partial charge in [-0.2, -0.15) is 18.2 Å². The molecular weight excluding hydrogens is 532 g/mol. The van der Waals surface area contributed by atoms with Gasteiger partial charge < -0.3 is 5.32 Å². The highest BCUT2D eigenvalue weighted by Gasteiger charge is 2.47. The van der Waals surface area contributed by atoms with Crippen molar-refractivity contribution in [1.29, 1.82) is 0 Å². The first kappa shape index (κ1) is 27.7. The second kappa shape index (κ2) is 10.6. The second-order valence-electron chi connectivity index (χ2n) is 10.4. The lowest BCUT2D eigenvalue weighted by Crippen LogP contribution is -2.62. The molecule has 0 spiro atoms. The molecule has 3 heterocycles. The smallest absolute Gasteiger partial charge is 0.316 e. The van der Waals surface area contributed by atoms with Crippen molar-refractivity contribution in [3.8, 4) is 22.4 Å². The zero-order valence-electron chi connectivity index (χ0n) is 21.6. The highest BCUT2D eigenvalue weighted by Crippen LogP contribution is 2.46. The Labute approximate surface area is 225 Å². The molecule has 0 aliphatic carbocycles. The SMILES string of the molecule is CS(=O)(=O)c1ccc(-c2nc(C(F)(F)F)nc([N+]3(C4CCNCC4)CCCCC3)c2-c2ccc(F)cc2)cc1. The molecular formula is C28H31F4N4O2S+. The molecule has 2 aliphatic heterocycles. The summed E-state index contributed by atoms with van der Waals surface area (Å²) in [7, 11) is -3.51. The van der Waals surface area contributed by atoms with Gasteiger partial charge in [-0.25, -0.2) is 17.8 Å². The molecule has 0 radical (unpaired) electrons. The van der Waals surface area contributed by atoms with Crippen molar-refractivity contribution >= 4 is 15.7 Å². The van der Waals surface area contributed by atoms with E-state index in [4.69, 9.17) is 0 Å². The minimum absolute atomic E-state index is 0.0501. The van der Waals surface area contributed by atoms with E-state index in [2.05, 4.69) is 15.3 Å². The standard InChI is InChI=1S/C28H31F4N4O2S/c1-39(37,38)23-11-7-20(8-12-23)25-24(19-5-9-21(29)10-6-19)26(35-27(34-25)28(30,31)32)36(17-3-2-4-18-36)22-13-15-33-16-14-22/h5-12,22,33H,2-4,13-18H2,1H3/q+1. The molecule has 0 saturated carbocycles. The van der Waals surface area contributed by atoms with E-state index < -0.39 is 27.7 Å². The zero-order chi connectivity index (χ0) is 27.8. The van der Waals surface area contributed by atoms with Crippen LogP contribution in [0.3, 0.4) is 0 Å². The van der Waals surface area contributed by atoms with Crippen molar-refractivity contribution in [2.24, 2.45) is 0 Å². The summed E-state index contributed by atoms with van der Waals surface area (Å²) >= 11 is 0. The number of nitrogens with zero attached hydrogens (tertiary/aromatic N) is 3. The van der Waals surface area contributed by atoms with Crippen molar-refractivity contribution in [2.45, 2.75) is 49.2 Å². The second-order valence-corrected chi connectivity index (χ2v) is 12.4. The Hall–Kier alpha value is -2.89. The molecule has 1 aromatic heterocycles. The topological polar surface area (TPSA) is 72.0 Å². The highest BCUT2D eigenvalue weighted by molar-refractivity contribution is 7.90. The number of quaternary nitrogens is 1. The number of sulfone groups is 1. The van der Waals surface area contributed by atoms with Gasteiger partial charge in [-0.3, -0.25) is 4.48 Å². The van der Waals surface area contributed by atoms with Crippen LogP contribution >= 0.6 is 0 Å². The third-order valence-electron chi connectivity index (χ3n) is 7.88. The summed E-state index contributed by atoms with van der Waals surface area (Å²) in [5, 5.41) is 3.35.